The molecule has 0 amide bonds. The molecule has 0 aliphatic carbocycles. The number of nitrogens with zero attached hydrogens (tertiary/aromatic N) is 3. The largest absolute Gasteiger partial charge is 0.308 e. The molecule has 6 heteroatoms. The van der Waals surface area contributed by atoms with E-state index < -0.39 is 11.6 Å². The highest BCUT2D eigenvalue weighted by Crippen LogP contribution is 2.29. The van der Waals surface area contributed by atoms with E-state index in [1.54, 1.807) is 11.5 Å². The van der Waals surface area contributed by atoms with Crippen molar-refractivity contribution >= 4 is 0 Å². The molecule has 0 spiro atoms. The third kappa shape index (κ3) is 1.83. The van der Waals surface area contributed by atoms with Crippen LogP contribution in [0.5, 0.6) is 0 Å². The maximum absolute atomic E-state index is 14.2. The SMILES string of the molecule is Cc1ccc(F)c(-c2nnc3n2CCNC3C)c1F. The first-order chi connectivity index (χ1) is 9.09. The molecule has 2 heterocycles. The van der Waals surface area contributed by atoms with Gasteiger partial charge < -0.3 is 9.88 Å². The fraction of sp³-hybridized carbons (Fsp3) is 0.385. The Labute approximate surface area is 109 Å². The lowest BCUT2D eigenvalue weighted by atomic mass is 10.1. The lowest BCUT2D eigenvalue weighted by Crippen LogP contribution is -2.32. The first-order valence-corrected chi connectivity index (χ1v) is 6.21. The highest BCUT2D eigenvalue weighted by atomic mass is 19.1. The molecule has 0 bridgehead atoms. The molecule has 4 nitrogen and oxygen atoms in total. The molecule has 100 valence electrons. The molecule has 0 saturated heterocycles. The Kier molecular flexibility index (Phi) is 2.82. The molecule has 1 atom stereocenters. The van der Waals surface area contributed by atoms with E-state index >= 15 is 0 Å². The molecule has 1 aliphatic heterocycles. The number of aromatic nitrogens is 3. The van der Waals surface area contributed by atoms with Crippen molar-refractivity contribution in [2.45, 2.75) is 26.4 Å². The van der Waals surface area contributed by atoms with E-state index in [1.165, 1.54) is 12.1 Å². The summed E-state index contributed by atoms with van der Waals surface area (Å²) in [5.41, 5.74) is 0.309. The lowest BCUT2D eigenvalue weighted by molar-refractivity contribution is 0.438. The number of aryl methyl sites for hydroxylation is 1. The second kappa shape index (κ2) is 4.38. The molecule has 19 heavy (non-hydrogen) atoms. The van der Waals surface area contributed by atoms with Crippen LogP contribution in [0.4, 0.5) is 8.78 Å². The quantitative estimate of drug-likeness (QED) is 0.858. The van der Waals surface area contributed by atoms with Gasteiger partial charge in [-0.05, 0) is 25.5 Å². The van der Waals surface area contributed by atoms with Crippen molar-refractivity contribution in [3.8, 4) is 11.4 Å². The first kappa shape index (κ1) is 12.2. The van der Waals surface area contributed by atoms with E-state index in [1.807, 2.05) is 6.92 Å². The van der Waals surface area contributed by atoms with Crippen LogP contribution in [0.2, 0.25) is 0 Å². The summed E-state index contributed by atoms with van der Waals surface area (Å²) in [7, 11) is 0. The fourth-order valence-electron chi connectivity index (χ4n) is 2.39. The van der Waals surface area contributed by atoms with Gasteiger partial charge in [0.15, 0.2) is 5.82 Å². The summed E-state index contributed by atoms with van der Waals surface area (Å²) in [6.07, 6.45) is 0. The molecular weight excluding hydrogens is 250 g/mol. The Bertz CT molecular complexity index is 636. The predicted molar refractivity (Wildman–Crippen MR) is 66.5 cm³/mol. The summed E-state index contributed by atoms with van der Waals surface area (Å²) >= 11 is 0. The molecule has 1 unspecified atom stereocenters. The Morgan fingerprint density at radius 1 is 1.32 bits per heavy atom. The Morgan fingerprint density at radius 2 is 2.11 bits per heavy atom. The summed E-state index contributed by atoms with van der Waals surface area (Å²) in [5, 5.41) is 11.3. The van der Waals surface area contributed by atoms with E-state index in [2.05, 4.69) is 15.5 Å². The number of halogens is 2. The van der Waals surface area contributed by atoms with Gasteiger partial charge in [0, 0.05) is 13.1 Å². The molecule has 0 fully saturated rings. The molecule has 3 rings (SSSR count). The van der Waals surface area contributed by atoms with E-state index in [9.17, 15) is 8.78 Å². The molecule has 1 N–H and O–H groups in total. The van der Waals surface area contributed by atoms with Gasteiger partial charge >= 0.3 is 0 Å². The summed E-state index contributed by atoms with van der Waals surface area (Å²) in [4.78, 5) is 0. The maximum Gasteiger partial charge on any atom is 0.170 e. The molecule has 0 saturated carbocycles. The van der Waals surface area contributed by atoms with Crippen molar-refractivity contribution in [2.75, 3.05) is 6.54 Å². The number of benzene rings is 1. The predicted octanol–water partition coefficient (Wildman–Crippen LogP) is 2.20. The average molecular weight is 264 g/mol. The van der Waals surface area contributed by atoms with E-state index in [0.717, 1.165) is 6.54 Å². The second-order valence-corrected chi connectivity index (χ2v) is 4.76. The maximum atomic E-state index is 14.2. The minimum absolute atomic E-state index is 0.0333. The zero-order chi connectivity index (χ0) is 13.6. The summed E-state index contributed by atoms with van der Waals surface area (Å²) < 4.78 is 29.9. The minimum Gasteiger partial charge on any atom is -0.308 e. The molecule has 1 aromatic carbocycles. The van der Waals surface area contributed by atoms with Crippen molar-refractivity contribution in [1.29, 1.82) is 0 Å². The van der Waals surface area contributed by atoms with Gasteiger partial charge in [0.25, 0.3) is 0 Å². The van der Waals surface area contributed by atoms with Crippen LogP contribution in [-0.2, 0) is 6.54 Å². The van der Waals surface area contributed by atoms with Gasteiger partial charge in [-0.15, -0.1) is 10.2 Å². The van der Waals surface area contributed by atoms with Crippen molar-refractivity contribution in [3.63, 3.8) is 0 Å². The van der Waals surface area contributed by atoms with Crippen LogP contribution in [0.15, 0.2) is 12.1 Å². The second-order valence-electron chi connectivity index (χ2n) is 4.76. The monoisotopic (exact) mass is 264 g/mol. The zero-order valence-electron chi connectivity index (χ0n) is 10.7. The summed E-state index contributed by atoms with van der Waals surface area (Å²) in [6, 6.07) is 2.72. The highest BCUT2D eigenvalue weighted by molar-refractivity contribution is 5.59. The Morgan fingerprint density at radius 3 is 2.89 bits per heavy atom. The van der Waals surface area contributed by atoms with Crippen molar-refractivity contribution in [2.24, 2.45) is 0 Å². The van der Waals surface area contributed by atoms with Gasteiger partial charge in [-0.25, -0.2) is 8.78 Å². The molecule has 1 aliphatic rings. The highest BCUT2D eigenvalue weighted by Gasteiger charge is 2.25. The molecule has 2 aromatic rings. The summed E-state index contributed by atoms with van der Waals surface area (Å²) in [5.74, 6) is -0.200. The molecule has 1 aromatic heterocycles. The van der Waals surface area contributed by atoms with Gasteiger partial charge in [0.05, 0.1) is 11.6 Å². The van der Waals surface area contributed by atoms with E-state index in [4.69, 9.17) is 0 Å². The smallest absolute Gasteiger partial charge is 0.170 e. The summed E-state index contributed by atoms with van der Waals surface area (Å²) in [6.45, 7) is 4.89. The minimum atomic E-state index is -0.607. The number of hydrogen-bond donors (Lipinski definition) is 1. The third-order valence-electron chi connectivity index (χ3n) is 3.46. The Hall–Kier alpha value is -1.82. The normalized spacial score (nSPS) is 18.4. The molecular formula is C13H14F2N4. The van der Waals surface area contributed by atoms with Crippen LogP contribution < -0.4 is 5.32 Å². The van der Waals surface area contributed by atoms with Gasteiger partial charge in [-0.3, -0.25) is 0 Å². The van der Waals surface area contributed by atoms with Crippen LogP contribution in [0.25, 0.3) is 11.4 Å². The van der Waals surface area contributed by atoms with E-state index in [0.29, 0.717) is 17.9 Å². The number of hydrogen-bond acceptors (Lipinski definition) is 3. The topological polar surface area (TPSA) is 42.7 Å². The van der Waals surface area contributed by atoms with Crippen LogP contribution in [0, 0.1) is 18.6 Å². The lowest BCUT2D eigenvalue weighted by Gasteiger charge is -2.22. The van der Waals surface area contributed by atoms with E-state index in [-0.39, 0.29) is 17.4 Å². The number of fused-ring (bicyclic) bond motifs is 1. The van der Waals surface area contributed by atoms with Gasteiger partial charge in [-0.1, -0.05) is 6.07 Å². The van der Waals surface area contributed by atoms with Crippen LogP contribution in [0.3, 0.4) is 0 Å². The van der Waals surface area contributed by atoms with Gasteiger partial charge in [-0.2, -0.15) is 0 Å². The third-order valence-corrected chi connectivity index (χ3v) is 3.46. The van der Waals surface area contributed by atoms with Crippen molar-refractivity contribution < 1.29 is 8.78 Å². The van der Waals surface area contributed by atoms with Crippen LogP contribution in [0.1, 0.15) is 24.4 Å². The Balaban J connectivity index is 2.21. The van der Waals surface area contributed by atoms with Crippen LogP contribution in [-0.4, -0.2) is 21.3 Å². The van der Waals surface area contributed by atoms with Gasteiger partial charge in [0.1, 0.15) is 17.5 Å². The van der Waals surface area contributed by atoms with Crippen LogP contribution >= 0.6 is 0 Å². The number of rotatable bonds is 1. The van der Waals surface area contributed by atoms with Gasteiger partial charge in [0.2, 0.25) is 0 Å². The van der Waals surface area contributed by atoms with Crippen molar-refractivity contribution in [1.82, 2.24) is 20.1 Å². The van der Waals surface area contributed by atoms with Crippen molar-refractivity contribution in [3.05, 3.63) is 35.2 Å². The zero-order valence-corrected chi connectivity index (χ0v) is 10.7. The fourth-order valence-corrected chi connectivity index (χ4v) is 2.39. The molecule has 0 radical (unpaired) electrons. The number of nitrogens with one attached hydrogen (secondary N) is 1. The first-order valence-electron chi connectivity index (χ1n) is 6.21. The standard InChI is InChI=1S/C13H14F2N4/c1-7-3-4-9(14)10(11(7)15)13-18-17-12-8(2)16-5-6-19(12)13/h3-4,8,16H,5-6H2,1-2H3. The average Bonchev–Trinajstić information content (AvgIpc) is 2.80.